The van der Waals surface area contributed by atoms with Crippen molar-refractivity contribution in [3.63, 3.8) is 0 Å². The molecule has 0 bridgehead atoms. The van der Waals surface area contributed by atoms with E-state index < -0.39 is 30.2 Å². The minimum absolute atomic E-state index is 0.0650. The zero-order chi connectivity index (χ0) is 12.3. The maximum Gasteiger partial charge on any atom is 0.416 e. The van der Waals surface area contributed by atoms with Gasteiger partial charge in [-0.25, -0.2) is 0 Å². The lowest BCUT2D eigenvalue weighted by atomic mass is 9.98. The molecule has 0 heterocycles. The smallest absolute Gasteiger partial charge is 0.416 e. The van der Waals surface area contributed by atoms with Crippen LogP contribution >= 0.6 is 0 Å². The molecule has 1 aromatic rings. The third-order valence-electron chi connectivity index (χ3n) is 2.10. The maximum absolute atomic E-state index is 12.3. The van der Waals surface area contributed by atoms with Gasteiger partial charge in [-0.1, -0.05) is 18.2 Å². The van der Waals surface area contributed by atoms with Gasteiger partial charge in [-0.2, -0.15) is 13.2 Å². The van der Waals surface area contributed by atoms with E-state index in [1.807, 2.05) is 0 Å². The molecule has 0 aliphatic heterocycles. The summed E-state index contributed by atoms with van der Waals surface area (Å²) in [4.78, 5) is 10.7. The molecule has 0 spiro atoms. The van der Waals surface area contributed by atoms with E-state index in [0.29, 0.717) is 0 Å². The summed E-state index contributed by atoms with van der Waals surface area (Å²) >= 11 is 0. The molecule has 0 saturated heterocycles. The van der Waals surface area contributed by atoms with Crippen LogP contribution in [0, 0.1) is 0 Å². The fourth-order valence-electron chi connectivity index (χ4n) is 1.26. The summed E-state index contributed by atoms with van der Waals surface area (Å²) in [6.45, 7) is -0.739. The Bertz CT molecular complexity index is 387. The lowest BCUT2D eigenvalue weighted by Gasteiger charge is -2.12. The van der Waals surface area contributed by atoms with Crippen molar-refractivity contribution in [3.05, 3.63) is 35.4 Å². The van der Waals surface area contributed by atoms with Crippen molar-refractivity contribution in [3.8, 4) is 0 Å². The summed E-state index contributed by atoms with van der Waals surface area (Å²) < 4.78 is 37.0. The Morgan fingerprint density at radius 3 is 2.44 bits per heavy atom. The number of aliphatic carboxylic acids is 1. The van der Waals surface area contributed by atoms with Gasteiger partial charge >= 0.3 is 12.1 Å². The molecule has 0 fully saturated rings. The van der Waals surface area contributed by atoms with Gasteiger partial charge in [0.25, 0.3) is 0 Å². The van der Waals surface area contributed by atoms with Crippen molar-refractivity contribution in [1.82, 2.24) is 0 Å². The van der Waals surface area contributed by atoms with Crippen molar-refractivity contribution in [2.45, 2.75) is 12.1 Å². The van der Waals surface area contributed by atoms with Crippen LogP contribution in [0.2, 0.25) is 0 Å². The molecule has 0 aliphatic carbocycles. The van der Waals surface area contributed by atoms with Crippen molar-refractivity contribution < 1.29 is 28.2 Å². The minimum Gasteiger partial charge on any atom is -0.481 e. The molecule has 88 valence electrons. The average Bonchev–Trinajstić information content (AvgIpc) is 2.17. The van der Waals surface area contributed by atoms with Gasteiger partial charge in [0.15, 0.2) is 0 Å². The lowest BCUT2D eigenvalue weighted by Crippen LogP contribution is -2.16. The molecule has 0 unspecified atom stereocenters. The number of carboxylic acid groups (broad SMARTS) is 1. The molecule has 1 atom stereocenters. The highest BCUT2D eigenvalue weighted by atomic mass is 19.4. The first-order valence-corrected chi connectivity index (χ1v) is 4.37. The van der Waals surface area contributed by atoms with E-state index in [1.54, 1.807) is 0 Å². The Morgan fingerprint density at radius 2 is 2.00 bits per heavy atom. The lowest BCUT2D eigenvalue weighted by molar-refractivity contribution is -0.141. The molecule has 0 saturated carbocycles. The largest absolute Gasteiger partial charge is 0.481 e. The standard InChI is InChI=1S/C10H9F3O3/c11-10(12,13)7-3-1-2-6(4-7)8(5-14)9(15)16/h1-4,8,14H,5H2,(H,15,16)/t8-/m0/s1. The summed E-state index contributed by atoms with van der Waals surface area (Å²) in [6.07, 6.45) is -4.52. The van der Waals surface area contributed by atoms with Crippen molar-refractivity contribution in [1.29, 1.82) is 0 Å². The van der Waals surface area contributed by atoms with E-state index in [1.165, 1.54) is 6.07 Å². The van der Waals surface area contributed by atoms with E-state index in [0.717, 1.165) is 18.2 Å². The Balaban J connectivity index is 3.11. The fourth-order valence-corrected chi connectivity index (χ4v) is 1.26. The van der Waals surface area contributed by atoms with Crippen LogP contribution < -0.4 is 0 Å². The summed E-state index contributed by atoms with van der Waals surface area (Å²) in [5.74, 6) is -2.69. The number of alkyl halides is 3. The highest BCUT2D eigenvalue weighted by Gasteiger charge is 2.31. The molecule has 3 nitrogen and oxygen atoms in total. The zero-order valence-electron chi connectivity index (χ0n) is 8.03. The minimum atomic E-state index is -4.52. The SMILES string of the molecule is O=C(O)[C@@H](CO)c1cccc(C(F)(F)F)c1. The number of carboxylic acids is 1. The normalized spacial score (nSPS) is 13.5. The van der Waals surface area contributed by atoms with Gasteiger partial charge in [0, 0.05) is 0 Å². The molecule has 1 aromatic carbocycles. The van der Waals surface area contributed by atoms with Crippen LogP contribution in [0.1, 0.15) is 17.0 Å². The second-order valence-corrected chi connectivity index (χ2v) is 3.20. The first-order chi connectivity index (χ1) is 7.36. The van der Waals surface area contributed by atoms with Gasteiger partial charge in [0.1, 0.15) is 5.92 Å². The van der Waals surface area contributed by atoms with E-state index >= 15 is 0 Å². The summed E-state index contributed by atoms with van der Waals surface area (Å²) in [5.41, 5.74) is -0.991. The Labute approximate surface area is 89.1 Å². The van der Waals surface area contributed by atoms with Gasteiger partial charge in [0.2, 0.25) is 0 Å². The second-order valence-electron chi connectivity index (χ2n) is 3.20. The summed E-state index contributed by atoms with van der Waals surface area (Å²) in [5, 5.41) is 17.5. The highest BCUT2D eigenvalue weighted by molar-refractivity contribution is 5.76. The van der Waals surface area contributed by atoms with Crippen molar-refractivity contribution >= 4 is 5.97 Å². The van der Waals surface area contributed by atoms with Gasteiger partial charge < -0.3 is 10.2 Å². The van der Waals surface area contributed by atoms with Crippen LogP contribution in [-0.2, 0) is 11.0 Å². The molecule has 0 aliphatic rings. The molecule has 0 aromatic heterocycles. The molecule has 1 rings (SSSR count). The number of carbonyl (C=O) groups is 1. The first kappa shape index (κ1) is 12.5. The topological polar surface area (TPSA) is 57.5 Å². The summed E-state index contributed by atoms with van der Waals surface area (Å²) in [6, 6.07) is 3.93. The monoisotopic (exact) mass is 234 g/mol. The van der Waals surface area contributed by atoms with E-state index in [9.17, 15) is 18.0 Å². The zero-order valence-corrected chi connectivity index (χ0v) is 8.03. The third kappa shape index (κ3) is 2.73. The average molecular weight is 234 g/mol. The molecule has 2 N–H and O–H groups in total. The number of aliphatic hydroxyl groups excluding tert-OH is 1. The Kier molecular flexibility index (Phi) is 3.54. The number of benzene rings is 1. The van der Waals surface area contributed by atoms with Crippen molar-refractivity contribution in [2.24, 2.45) is 0 Å². The van der Waals surface area contributed by atoms with E-state index in [4.69, 9.17) is 10.2 Å². The Hall–Kier alpha value is -1.56. The predicted octanol–water partition coefficient (Wildman–Crippen LogP) is 1.87. The molecule has 0 amide bonds. The second kappa shape index (κ2) is 4.52. The van der Waals surface area contributed by atoms with Crippen LogP contribution in [0.5, 0.6) is 0 Å². The van der Waals surface area contributed by atoms with Gasteiger partial charge in [-0.05, 0) is 11.6 Å². The number of aliphatic hydroxyl groups is 1. The summed E-state index contributed by atoms with van der Waals surface area (Å²) in [7, 11) is 0. The van der Waals surface area contributed by atoms with Crippen LogP contribution in [0.25, 0.3) is 0 Å². The molecular formula is C10H9F3O3. The number of hydrogen-bond acceptors (Lipinski definition) is 2. The maximum atomic E-state index is 12.3. The number of rotatable bonds is 3. The molecular weight excluding hydrogens is 225 g/mol. The highest BCUT2D eigenvalue weighted by Crippen LogP contribution is 2.31. The van der Waals surface area contributed by atoms with Crippen LogP contribution in [0.15, 0.2) is 24.3 Å². The number of hydrogen-bond donors (Lipinski definition) is 2. The number of halogens is 3. The van der Waals surface area contributed by atoms with Crippen molar-refractivity contribution in [2.75, 3.05) is 6.61 Å². The van der Waals surface area contributed by atoms with E-state index in [-0.39, 0.29) is 5.56 Å². The first-order valence-electron chi connectivity index (χ1n) is 4.37. The Morgan fingerprint density at radius 1 is 1.38 bits per heavy atom. The molecule has 6 heteroatoms. The molecule has 0 radical (unpaired) electrons. The van der Waals surface area contributed by atoms with Crippen LogP contribution in [0.4, 0.5) is 13.2 Å². The van der Waals surface area contributed by atoms with Crippen LogP contribution in [0.3, 0.4) is 0 Å². The quantitative estimate of drug-likeness (QED) is 0.839. The molecule has 16 heavy (non-hydrogen) atoms. The van der Waals surface area contributed by atoms with Gasteiger partial charge in [0.05, 0.1) is 12.2 Å². The third-order valence-corrected chi connectivity index (χ3v) is 2.10. The van der Waals surface area contributed by atoms with E-state index in [2.05, 4.69) is 0 Å². The van der Waals surface area contributed by atoms with Gasteiger partial charge in [-0.3, -0.25) is 4.79 Å². The van der Waals surface area contributed by atoms with Gasteiger partial charge in [-0.15, -0.1) is 0 Å². The predicted molar refractivity (Wildman–Crippen MR) is 48.9 cm³/mol. The van der Waals surface area contributed by atoms with Crippen LogP contribution in [-0.4, -0.2) is 22.8 Å². The fraction of sp³-hybridized carbons (Fsp3) is 0.300.